The maximum Gasteiger partial charge on any atom is 0.291 e. The fraction of sp³-hybridized carbons (Fsp3) is 0.0714. The molecule has 3 rings (SSSR count). The van der Waals surface area contributed by atoms with Gasteiger partial charge in [-0.05, 0) is 31.2 Å². The summed E-state index contributed by atoms with van der Waals surface area (Å²) in [5, 5.41) is 8.39. The van der Waals surface area contributed by atoms with E-state index in [1.165, 1.54) is 28.9 Å². The fourth-order valence-corrected chi connectivity index (χ4v) is 3.16. The average molecular weight is 333 g/mol. The van der Waals surface area contributed by atoms with E-state index in [2.05, 4.69) is 15.6 Å². The van der Waals surface area contributed by atoms with Gasteiger partial charge in [0.05, 0.1) is 21.8 Å². The first-order valence-electron chi connectivity index (χ1n) is 6.30. The first kappa shape index (κ1) is 14.5. The molecule has 2 N–H and O–H groups in total. The Morgan fingerprint density at radius 1 is 1.18 bits per heavy atom. The maximum atomic E-state index is 12.1. The second kappa shape index (κ2) is 6.12. The summed E-state index contributed by atoms with van der Waals surface area (Å²) in [5.74, 6) is -0.384. The molecule has 6 nitrogen and oxygen atoms in total. The number of hydrogen-bond donors (Lipinski definition) is 2. The summed E-state index contributed by atoms with van der Waals surface area (Å²) in [4.78, 5) is 28.6. The lowest BCUT2D eigenvalue weighted by Crippen LogP contribution is -2.10. The minimum absolute atomic E-state index is 0.220. The molecule has 0 bridgehead atoms. The Hall–Kier alpha value is -2.45. The minimum Gasteiger partial charge on any atom is -0.459 e. The molecule has 112 valence electrons. The second-order valence-electron chi connectivity index (χ2n) is 4.34. The number of aromatic nitrogens is 1. The van der Waals surface area contributed by atoms with Gasteiger partial charge in [0, 0.05) is 5.38 Å². The molecule has 0 aliphatic carbocycles. The third-order valence-electron chi connectivity index (χ3n) is 2.65. The van der Waals surface area contributed by atoms with Crippen molar-refractivity contribution in [3.63, 3.8) is 0 Å². The Balaban J connectivity index is 1.65. The van der Waals surface area contributed by atoms with E-state index in [1.807, 2.05) is 12.3 Å². The number of furan rings is 1. The van der Waals surface area contributed by atoms with E-state index in [4.69, 9.17) is 4.42 Å². The molecule has 0 atom stereocenters. The number of hydrogen-bond acceptors (Lipinski definition) is 6. The van der Waals surface area contributed by atoms with Crippen LogP contribution in [-0.2, 0) is 0 Å². The van der Waals surface area contributed by atoms with E-state index < -0.39 is 0 Å². The van der Waals surface area contributed by atoms with Crippen molar-refractivity contribution in [2.45, 2.75) is 6.92 Å². The number of thiazole rings is 1. The third-order valence-corrected chi connectivity index (χ3v) is 4.53. The van der Waals surface area contributed by atoms with Crippen molar-refractivity contribution in [3.05, 3.63) is 52.2 Å². The van der Waals surface area contributed by atoms with E-state index in [1.54, 1.807) is 24.3 Å². The monoisotopic (exact) mass is 333 g/mol. The molecule has 0 aromatic carbocycles. The van der Waals surface area contributed by atoms with Gasteiger partial charge in [-0.1, -0.05) is 0 Å². The van der Waals surface area contributed by atoms with Crippen molar-refractivity contribution in [3.8, 4) is 0 Å². The summed E-state index contributed by atoms with van der Waals surface area (Å²) in [5.41, 5.74) is 0.859. The van der Waals surface area contributed by atoms with Crippen LogP contribution < -0.4 is 10.6 Å². The highest BCUT2D eigenvalue weighted by atomic mass is 32.1. The van der Waals surface area contributed by atoms with Crippen LogP contribution in [-0.4, -0.2) is 16.8 Å². The molecular weight excluding hydrogens is 322 g/mol. The number of aryl methyl sites for hydroxylation is 1. The fourth-order valence-electron chi connectivity index (χ4n) is 1.68. The van der Waals surface area contributed by atoms with Crippen LogP contribution in [0.3, 0.4) is 0 Å². The van der Waals surface area contributed by atoms with Crippen molar-refractivity contribution in [2.75, 3.05) is 10.6 Å². The lowest BCUT2D eigenvalue weighted by atomic mass is 10.4. The molecule has 3 aromatic heterocycles. The summed E-state index contributed by atoms with van der Waals surface area (Å²) in [6.07, 6.45) is 1.43. The smallest absolute Gasteiger partial charge is 0.291 e. The molecule has 0 radical (unpaired) electrons. The van der Waals surface area contributed by atoms with E-state index in [-0.39, 0.29) is 17.6 Å². The molecule has 0 aliphatic rings. The highest BCUT2D eigenvalue weighted by Crippen LogP contribution is 2.24. The summed E-state index contributed by atoms with van der Waals surface area (Å²) >= 11 is 2.55. The number of carbonyl (C=O) groups is 2. The molecule has 2 amide bonds. The zero-order valence-corrected chi connectivity index (χ0v) is 13.1. The zero-order chi connectivity index (χ0) is 15.5. The van der Waals surface area contributed by atoms with Crippen molar-refractivity contribution >= 4 is 44.6 Å². The van der Waals surface area contributed by atoms with Gasteiger partial charge in [-0.3, -0.25) is 14.9 Å². The Morgan fingerprint density at radius 2 is 2.05 bits per heavy atom. The number of amides is 2. The topological polar surface area (TPSA) is 84.2 Å². The SMILES string of the molecule is Cc1csc(NC(=O)c2ccc(NC(=O)c3ccco3)s2)n1. The molecule has 0 spiro atoms. The van der Waals surface area contributed by atoms with Gasteiger partial charge in [-0.2, -0.15) is 0 Å². The van der Waals surface area contributed by atoms with Crippen LogP contribution in [0.5, 0.6) is 0 Å². The minimum atomic E-state index is -0.352. The van der Waals surface area contributed by atoms with E-state index in [9.17, 15) is 9.59 Å². The lowest BCUT2D eigenvalue weighted by Gasteiger charge is -1.99. The van der Waals surface area contributed by atoms with Crippen LogP contribution in [0.2, 0.25) is 0 Å². The van der Waals surface area contributed by atoms with Gasteiger partial charge in [0.1, 0.15) is 0 Å². The van der Waals surface area contributed by atoms with E-state index >= 15 is 0 Å². The van der Waals surface area contributed by atoms with Gasteiger partial charge >= 0.3 is 0 Å². The predicted octanol–water partition coefficient (Wildman–Crippen LogP) is 3.61. The standard InChI is InChI=1S/C14H11N3O3S2/c1-8-7-21-14(15-8)17-13(19)10-4-5-11(22-10)16-12(18)9-3-2-6-20-9/h2-7H,1H3,(H,16,18)(H,15,17,19). The van der Waals surface area contributed by atoms with Gasteiger partial charge in [0.25, 0.3) is 11.8 Å². The number of nitrogens with zero attached hydrogens (tertiary/aromatic N) is 1. The molecular formula is C14H11N3O3S2. The lowest BCUT2D eigenvalue weighted by molar-refractivity contribution is 0.0995. The number of nitrogens with one attached hydrogen (secondary N) is 2. The Morgan fingerprint density at radius 3 is 2.73 bits per heavy atom. The van der Waals surface area contributed by atoms with Crippen LogP contribution >= 0.6 is 22.7 Å². The van der Waals surface area contributed by atoms with Gasteiger partial charge in [-0.15, -0.1) is 22.7 Å². The predicted molar refractivity (Wildman–Crippen MR) is 85.8 cm³/mol. The second-order valence-corrected chi connectivity index (χ2v) is 6.29. The Labute approximate surface area is 133 Å². The van der Waals surface area contributed by atoms with Crippen LogP contribution in [0.1, 0.15) is 25.9 Å². The summed E-state index contributed by atoms with van der Waals surface area (Å²) in [7, 11) is 0. The van der Waals surface area contributed by atoms with Gasteiger partial charge in [0.15, 0.2) is 10.9 Å². The number of rotatable bonds is 4. The van der Waals surface area contributed by atoms with E-state index in [0.29, 0.717) is 15.0 Å². The highest BCUT2D eigenvalue weighted by Gasteiger charge is 2.14. The van der Waals surface area contributed by atoms with Crippen LogP contribution in [0.4, 0.5) is 10.1 Å². The van der Waals surface area contributed by atoms with E-state index in [0.717, 1.165) is 5.69 Å². The van der Waals surface area contributed by atoms with Crippen LogP contribution in [0.15, 0.2) is 40.3 Å². The Kier molecular flexibility index (Phi) is 4.03. The molecule has 22 heavy (non-hydrogen) atoms. The van der Waals surface area contributed by atoms with Crippen molar-refractivity contribution in [1.82, 2.24) is 4.98 Å². The molecule has 0 aliphatic heterocycles. The normalized spacial score (nSPS) is 10.4. The number of carbonyl (C=O) groups excluding carboxylic acids is 2. The van der Waals surface area contributed by atoms with Gasteiger partial charge < -0.3 is 9.73 Å². The van der Waals surface area contributed by atoms with Crippen molar-refractivity contribution in [2.24, 2.45) is 0 Å². The first-order chi connectivity index (χ1) is 10.6. The Bertz CT molecular complexity index is 805. The van der Waals surface area contributed by atoms with Gasteiger partial charge in [0.2, 0.25) is 0 Å². The average Bonchev–Trinajstić information content (AvgIpc) is 3.20. The molecule has 0 saturated carbocycles. The summed E-state index contributed by atoms with van der Waals surface area (Å²) < 4.78 is 5.01. The largest absolute Gasteiger partial charge is 0.459 e. The molecule has 0 fully saturated rings. The summed E-state index contributed by atoms with van der Waals surface area (Å²) in [6.45, 7) is 1.86. The molecule has 0 saturated heterocycles. The number of anilines is 2. The first-order valence-corrected chi connectivity index (χ1v) is 7.99. The van der Waals surface area contributed by atoms with Crippen LogP contribution in [0, 0.1) is 6.92 Å². The summed E-state index contributed by atoms with van der Waals surface area (Å²) in [6, 6.07) is 6.53. The maximum absolute atomic E-state index is 12.1. The molecule has 8 heteroatoms. The highest BCUT2D eigenvalue weighted by molar-refractivity contribution is 7.18. The third kappa shape index (κ3) is 3.23. The molecule has 3 aromatic rings. The number of thiophene rings is 1. The molecule has 3 heterocycles. The van der Waals surface area contributed by atoms with Crippen LogP contribution in [0.25, 0.3) is 0 Å². The zero-order valence-electron chi connectivity index (χ0n) is 11.5. The van der Waals surface area contributed by atoms with Crippen molar-refractivity contribution in [1.29, 1.82) is 0 Å². The quantitative estimate of drug-likeness (QED) is 0.764. The molecule has 0 unspecified atom stereocenters. The van der Waals surface area contributed by atoms with Gasteiger partial charge in [-0.25, -0.2) is 4.98 Å². The van der Waals surface area contributed by atoms with Crippen molar-refractivity contribution < 1.29 is 14.0 Å².